The van der Waals surface area contributed by atoms with Crippen molar-refractivity contribution in [3.05, 3.63) is 12.2 Å². The van der Waals surface area contributed by atoms with Gasteiger partial charge in [-0.05, 0) is 46.5 Å². The second kappa shape index (κ2) is 12.5. The van der Waals surface area contributed by atoms with Gasteiger partial charge in [0.25, 0.3) is 0 Å². The van der Waals surface area contributed by atoms with E-state index in [1.165, 1.54) is 0 Å². The first-order valence-corrected chi connectivity index (χ1v) is 10.7. The minimum atomic E-state index is -0.597. The number of ketones is 2. The highest BCUT2D eigenvalue weighted by atomic mass is 32.1. The lowest BCUT2D eigenvalue weighted by molar-refractivity contribution is -0.129. The Morgan fingerprint density at radius 2 is 1.83 bits per heavy atom. The Morgan fingerprint density at radius 1 is 1.14 bits per heavy atom. The summed E-state index contributed by atoms with van der Waals surface area (Å²) in [7, 11) is 0. The standard InChI is InChI=1S/C22H39N3O2.2H2S/c1-17(2)20(27)22-12-14-25(16-22)13-10-8-6-7-9-11-21(5,24-18(3)4)19(26)15-23-22;;/h8,10,17-18,23-24H,6-7,9,11-16H2,1-5H3;2*1H2/t21-,22-;;/m0../s1. The lowest BCUT2D eigenvalue weighted by Gasteiger charge is -2.35. The van der Waals surface area contributed by atoms with Crippen LogP contribution in [0, 0.1) is 5.92 Å². The van der Waals surface area contributed by atoms with Gasteiger partial charge in [0.15, 0.2) is 11.6 Å². The highest BCUT2D eigenvalue weighted by Crippen LogP contribution is 2.26. The zero-order valence-corrected chi connectivity index (χ0v) is 20.9. The molecule has 2 aliphatic heterocycles. The van der Waals surface area contributed by atoms with E-state index in [0.717, 1.165) is 45.2 Å². The molecule has 2 rings (SSSR count). The van der Waals surface area contributed by atoms with Gasteiger partial charge in [0.2, 0.25) is 0 Å². The maximum Gasteiger partial charge on any atom is 0.166 e. The van der Waals surface area contributed by atoms with Gasteiger partial charge in [-0.3, -0.25) is 19.8 Å². The van der Waals surface area contributed by atoms with E-state index in [0.29, 0.717) is 6.54 Å². The van der Waals surface area contributed by atoms with E-state index < -0.39 is 11.1 Å². The molecule has 0 radical (unpaired) electrons. The molecule has 0 aromatic heterocycles. The zero-order valence-electron chi connectivity index (χ0n) is 18.9. The van der Waals surface area contributed by atoms with Crippen molar-refractivity contribution < 1.29 is 9.59 Å². The quantitative estimate of drug-likeness (QED) is 0.652. The third kappa shape index (κ3) is 7.69. The molecule has 1 unspecified atom stereocenters. The molecular formula is C22H43N3O2S2. The maximum absolute atomic E-state index is 13.2. The number of rotatable bonds is 4. The molecular weight excluding hydrogens is 402 g/mol. The topological polar surface area (TPSA) is 61.4 Å². The number of hydrogen-bond donors (Lipinski definition) is 2. The van der Waals surface area contributed by atoms with Crippen molar-refractivity contribution >= 4 is 38.6 Å². The number of nitrogens with zero attached hydrogens (tertiary/aromatic N) is 1. The second-order valence-electron chi connectivity index (χ2n) is 9.21. The fraction of sp³-hybridized carbons (Fsp3) is 0.818. The third-order valence-corrected chi connectivity index (χ3v) is 5.98. The summed E-state index contributed by atoms with van der Waals surface area (Å²) >= 11 is 0. The Hall–Kier alpha value is -0.340. The second-order valence-corrected chi connectivity index (χ2v) is 9.21. The Balaban J connectivity index is 0.00000392. The minimum absolute atomic E-state index is 0. The fourth-order valence-electron chi connectivity index (χ4n) is 4.49. The Kier molecular flexibility index (Phi) is 12.4. The molecule has 0 spiro atoms. The van der Waals surface area contributed by atoms with Crippen molar-refractivity contribution in [1.29, 1.82) is 0 Å². The van der Waals surface area contributed by atoms with Gasteiger partial charge in [-0.2, -0.15) is 27.0 Å². The molecule has 7 heteroatoms. The molecule has 2 aliphatic rings. The number of allylic oxidation sites excluding steroid dienone is 1. The molecule has 29 heavy (non-hydrogen) atoms. The van der Waals surface area contributed by atoms with Gasteiger partial charge in [0.05, 0.1) is 17.6 Å². The average molecular weight is 446 g/mol. The summed E-state index contributed by atoms with van der Waals surface area (Å²) in [4.78, 5) is 28.5. The van der Waals surface area contributed by atoms with Crippen LogP contribution in [0.5, 0.6) is 0 Å². The van der Waals surface area contributed by atoms with Crippen LogP contribution < -0.4 is 10.6 Å². The number of Topliss-reactive ketones (excluding diaryl/α,β-unsaturated/α-hetero) is 2. The highest BCUT2D eigenvalue weighted by molar-refractivity contribution is 7.59. The summed E-state index contributed by atoms with van der Waals surface area (Å²) < 4.78 is 0. The SMILES string of the molecule is CC(C)N[C@@]1(C)CCCCC=CCN2CC[C@@](C(=O)C(C)C)(C2)NCC1=O.S.S. The van der Waals surface area contributed by atoms with Crippen LogP contribution in [0.25, 0.3) is 0 Å². The van der Waals surface area contributed by atoms with Crippen molar-refractivity contribution in [3.63, 3.8) is 0 Å². The van der Waals surface area contributed by atoms with Crippen molar-refractivity contribution in [2.45, 2.75) is 83.8 Å². The van der Waals surface area contributed by atoms with Gasteiger partial charge in [0, 0.05) is 31.6 Å². The lowest BCUT2D eigenvalue weighted by Crippen LogP contribution is -2.61. The molecule has 2 bridgehead atoms. The van der Waals surface area contributed by atoms with E-state index in [-0.39, 0.29) is 57.1 Å². The van der Waals surface area contributed by atoms with Crippen LogP contribution in [0.4, 0.5) is 0 Å². The summed E-state index contributed by atoms with van der Waals surface area (Å²) in [6.07, 6.45) is 9.26. The summed E-state index contributed by atoms with van der Waals surface area (Å²) in [5.74, 6) is 0.354. The fourth-order valence-corrected chi connectivity index (χ4v) is 4.49. The lowest BCUT2D eigenvalue weighted by atomic mass is 9.84. The molecule has 0 aromatic carbocycles. The summed E-state index contributed by atoms with van der Waals surface area (Å²) in [6.45, 7) is 12.8. The number of hydrogen-bond acceptors (Lipinski definition) is 5. The van der Waals surface area contributed by atoms with Gasteiger partial charge in [0.1, 0.15) is 0 Å². The average Bonchev–Trinajstić information content (AvgIpc) is 3.01. The largest absolute Gasteiger partial charge is 0.303 e. The van der Waals surface area contributed by atoms with Crippen molar-refractivity contribution in [3.8, 4) is 0 Å². The Morgan fingerprint density at radius 3 is 2.45 bits per heavy atom. The summed E-state index contributed by atoms with van der Waals surface area (Å²) in [6, 6.07) is 0.242. The summed E-state index contributed by atoms with van der Waals surface area (Å²) in [5, 5.41) is 6.93. The van der Waals surface area contributed by atoms with E-state index in [1.807, 2.05) is 20.8 Å². The van der Waals surface area contributed by atoms with Crippen LogP contribution >= 0.6 is 27.0 Å². The molecule has 1 fully saturated rings. The predicted octanol–water partition coefficient (Wildman–Crippen LogP) is 2.93. The van der Waals surface area contributed by atoms with Crippen LogP contribution in [0.15, 0.2) is 12.2 Å². The van der Waals surface area contributed by atoms with Gasteiger partial charge in [-0.15, -0.1) is 0 Å². The van der Waals surface area contributed by atoms with Crippen molar-refractivity contribution in [2.24, 2.45) is 5.92 Å². The van der Waals surface area contributed by atoms with Crippen molar-refractivity contribution in [2.75, 3.05) is 26.2 Å². The molecule has 3 atom stereocenters. The van der Waals surface area contributed by atoms with Crippen LogP contribution in [0.1, 0.15) is 66.7 Å². The van der Waals surface area contributed by atoms with Crippen LogP contribution in [-0.2, 0) is 9.59 Å². The van der Waals surface area contributed by atoms with E-state index >= 15 is 0 Å². The van der Waals surface area contributed by atoms with Gasteiger partial charge >= 0.3 is 0 Å². The summed E-state index contributed by atoms with van der Waals surface area (Å²) in [5.41, 5.74) is -1.14. The molecule has 0 amide bonds. The molecule has 170 valence electrons. The minimum Gasteiger partial charge on any atom is -0.303 e. The first-order valence-electron chi connectivity index (χ1n) is 10.7. The molecule has 1 saturated heterocycles. The molecule has 0 aliphatic carbocycles. The normalized spacial score (nSPS) is 31.1. The number of nitrogens with one attached hydrogen (secondary N) is 2. The maximum atomic E-state index is 13.2. The number of carbonyl (C=O) groups is 2. The molecule has 2 heterocycles. The molecule has 0 aromatic rings. The van der Waals surface area contributed by atoms with E-state index in [2.05, 4.69) is 41.5 Å². The van der Waals surface area contributed by atoms with Crippen molar-refractivity contribution in [1.82, 2.24) is 15.5 Å². The van der Waals surface area contributed by atoms with Gasteiger partial charge < -0.3 is 5.32 Å². The Bertz CT molecular complexity index is 568. The van der Waals surface area contributed by atoms with Gasteiger partial charge in [-0.25, -0.2) is 0 Å². The molecule has 2 N–H and O–H groups in total. The molecule has 0 saturated carbocycles. The third-order valence-electron chi connectivity index (χ3n) is 5.98. The molecule has 5 nitrogen and oxygen atoms in total. The number of fused-ring (bicyclic) bond motifs is 2. The first kappa shape index (κ1) is 28.7. The zero-order chi connectivity index (χ0) is 20.1. The monoisotopic (exact) mass is 445 g/mol. The predicted molar refractivity (Wildman–Crippen MR) is 132 cm³/mol. The van der Waals surface area contributed by atoms with Crippen LogP contribution in [0.3, 0.4) is 0 Å². The van der Waals surface area contributed by atoms with Gasteiger partial charge in [-0.1, -0.05) is 32.4 Å². The highest BCUT2D eigenvalue weighted by Gasteiger charge is 2.45. The van der Waals surface area contributed by atoms with E-state index in [9.17, 15) is 9.59 Å². The van der Waals surface area contributed by atoms with E-state index in [4.69, 9.17) is 0 Å². The van der Waals surface area contributed by atoms with Crippen LogP contribution in [0.2, 0.25) is 0 Å². The number of carbonyl (C=O) groups excluding carboxylic acids is 2. The van der Waals surface area contributed by atoms with E-state index in [1.54, 1.807) is 0 Å². The Labute approximate surface area is 191 Å². The van der Waals surface area contributed by atoms with Crippen LogP contribution in [-0.4, -0.2) is 59.8 Å². The smallest absolute Gasteiger partial charge is 0.166 e. The first-order chi connectivity index (χ1) is 12.7.